The molecule has 19 heavy (non-hydrogen) atoms. The predicted octanol–water partition coefficient (Wildman–Crippen LogP) is 3.95. The van der Waals surface area contributed by atoms with Crippen molar-refractivity contribution >= 4 is 21.7 Å². The second kappa shape index (κ2) is 7.65. The highest BCUT2D eigenvalue weighted by Gasteiger charge is 2.19. The molecule has 3 nitrogen and oxygen atoms in total. The van der Waals surface area contributed by atoms with E-state index in [2.05, 4.69) is 29.8 Å². The van der Waals surface area contributed by atoms with Crippen LogP contribution in [-0.4, -0.2) is 26.1 Å². The van der Waals surface area contributed by atoms with Crippen LogP contribution in [0.4, 0.5) is 0 Å². The van der Waals surface area contributed by atoms with Crippen LogP contribution in [0.1, 0.15) is 31.1 Å². The van der Waals surface area contributed by atoms with Crippen molar-refractivity contribution in [3.05, 3.63) is 28.2 Å². The molecule has 0 bridgehead atoms. The topological polar surface area (TPSA) is 35.5 Å². The van der Waals surface area contributed by atoms with Gasteiger partial charge in [-0.3, -0.25) is 4.79 Å². The molecule has 1 unspecified atom stereocenters. The van der Waals surface area contributed by atoms with Gasteiger partial charge in [0.15, 0.2) is 5.78 Å². The molecule has 1 atom stereocenters. The zero-order valence-electron chi connectivity index (χ0n) is 11.9. The monoisotopic (exact) mass is 328 g/mol. The van der Waals surface area contributed by atoms with Gasteiger partial charge in [-0.2, -0.15) is 0 Å². The number of halogens is 1. The van der Waals surface area contributed by atoms with Gasteiger partial charge in [-0.25, -0.2) is 0 Å². The number of Topliss-reactive ketones (excluding diaryl/α,β-unsaturated/α-hetero) is 1. The first-order chi connectivity index (χ1) is 8.97. The van der Waals surface area contributed by atoms with Crippen molar-refractivity contribution in [1.29, 1.82) is 0 Å². The summed E-state index contributed by atoms with van der Waals surface area (Å²) < 4.78 is 11.3. The number of ketones is 1. The van der Waals surface area contributed by atoms with Gasteiger partial charge >= 0.3 is 0 Å². The van der Waals surface area contributed by atoms with Gasteiger partial charge in [0.1, 0.15) is 12.4 Å². The van der Waals surface area contributed by atoms with E-state index in [4.69, 9.17) is 9.47 Å². The molecule has 1 rings (SSSR count). The molecule has 0 aliphatic rings. The van der Waals surface area contributed by atoms with Gasteiger partial charge in [-0.15, -0.1) is 0 Å². The third-order valence-electron chi connectivity index (χ3n) is 3.17. The van der Waals surface area contributed by atoms with E-state index in [1.165, 1.54) is 0 Å². The van der Waals surface area contributed by atoms with E-state index in [0.717, 1.165) is 10.2 Å². The average molecular weight is 329 g/mol. The van der Waals surface area contributed by atoms with Crippen LogP contribution < -0.4 is 4.74 Å². The lowest BCUT2D eigenvalue weighted by atomic mass is 9.90. The lowest BCUT2D eigenvalue weighted by Gasteiger charge is -2.15. The minimum atomic E-state index is 0.0205. The maximum absolute atomic E-state index is 12.2. The average Bonchev–Trinajstić information content (AvgIpc) is 2.39. The summed E-state index contributed by atoms with van der Waals surface area (Å²) in [5, 5.41) is 0. The van der Waals surface area contributed by atoms with Gasteiger partial charge in [-0.05, 0) is 40.0 Å². The number of ether oxygens (including phenoxy) is 2. The number of hydrogen-bond acceptors (Lipinski definition) is 3. The van der Waals surface area contributed by atoms with Crippen LogP contribution in [0, 0.1) is 11.8 Å². The minimum Gasteiger partial charge on any atom is -0.490 e. The Balaban J connectivity index is 2.78. The smallest absolute Gasteiger partial charge is 0.165 e. The first kappa shape index (κ1) is 16.2. The summed E-state index contributed by atoms with van der Waals surface area (Å²) in [7, 11) is 1.63. The molecule has 0 spiro atoms. The van der Waals surface area contributed by atoms with Crippen molar-refractivity contribution in [3.63, 3.8) is 0 Å². The van der Waals surface area contributed by atoms with Crippen LogP contribution in [0.15, 0.2) is 22.7 Å². The Hall–Kier alpha value is -0.870. The van der Waals surface area contributed by atoms with Crippen molar-refractivity contribution in [3.8, 4) is 5.75 Å². The van der Waals surface area contributed by atoms with E-state index in [1.54, 1.807) is 7.11 Å². The van der Waals surface area contributed by atoms with E-state index in [0.29, 0.717) is 24.7 Å². The van der Waals surface area contributed by atoms with Crippen LogP contribution in [0.25, 0.3) is 0 Å². The first-order valence-electron chi connectivity index (χ1n) is 6.42. The molecule has 0 heterocycles. The summed E-state index contributed by atoms with van der Waals surface area (Å²) >= 11 is 3.44. The lowest BCUT2D eigenvalue weighted by Crippen LogP contribution is -2.17. The maximum Gasteiger partial charge on any atom is 0.165 e. The molecule has 0 saturated carbocycles. The molecule has 0 amide bonds. The number of carbonyl (C=O) groups is 1. The predicted molar refractivity (Wildman–Crippen MR) is 79.8 cm³/mol. The molecule has 0 N–H and O–H groups in total. The molecule has 1 aromatic rings. The van der Waals surface area contributed by atoms with Gasteiger partial charge in [0.2, 0.25) is 0 Å². The summed E-state index contributed by atoms with van der Waals surface area (Å²) in [6, 6.07) is 5.46. The summed E-state index contributed by atoms with van der Waals surface area (Å²) in [5.41, 5.74) is 0.715. The fourth-order valence-electron chi connectivity index (χ4n) is 1.57. The Labute approximate surface area is 123 Å². The molecule has 0 radical (unpaired) electrons. The second-order valence-electron chi connectivity index (χ2n) is 4.88. The van der Waals surface area contributed by atoms with Crippen LogP contribution in [0.2, 0.25) is 0 Å². The largest absolute Gasteiger partial charge is 0.490 e. The van der Waals surface area contributed by atoms with Crippen LogP contribution in [0.5, 0.6) is 5.75 Å². The summed E-state index contributed by atoms with van der Waals surface area (Å²) in [5.74, 6) is 1.25. The zero-order chi connectivity index (χ0) is 14.4. The van der Waals surface area contributed by atoms with Crippen molar-refractivity contribution in [2.45, 2.75) is 20.8 Å². The number of benzene rings is 1. The van der Waals surface area contributed by atoms with Crippen LogP contribution in [-0.2, 0) is 4.74 Å². The number of rotatable bonds is 7. The molecule has 0 aromatic heterocycles. The standard InChI is InChI=1S/C15H21BrO3/c1-10(2)11(3)15(17)12-5-6-14(13(16)9-12)19-8-7-18-4/h5-6,9-11H,7-8H2,1-4H3. The summed E-state index contributed by atoms with van der Waals surface area (Å²) in [6.45, 7) is 7.10. The molecule has 0 saturated heterocycles. The minimum absolute atomic E-state index is 0.0205. The third-order valence-corrected chi connectivity index (χ3v) is 3.79. The van der Waals surface area contributed by atoms with Crippen molar-refractivity contribution in [1.82, 2.24) is 0 Å². The quantitative estimate of drug-likeness (QED) is 0.561. The summed E-state index contributed by atoms with van der Waals surface area (Å²) in [6.07, 6.45) is 0. The fourth-order valence-corrected chi connectivity index (χ4v) is 2.07. The molecular formula is C15H21BrO3. The van der Waals surface area contributed by atoms with Gasteiger partial charge in [0, 0.05) is 18.6 Å². The van der Waals surface area contributed by atoms with Gasteiger partial charge < -0.3 is 9.47 Å². The van der Waals surface area contributed by atoms with E-state index in [9.17, 15) is 4.79 Å². The van der Waals surface area contributed by atoms with Gasteiger partial charge in [0.05, 0.1) is 11.1 Å². The van der Waals surface area contributed by atoms with Crippen molar-refractivity contribution in [2.24, 2.45) is 11.8 Å². The molecule has 0 fully saturated rings. The van der Waals surface area contributed by atoms with Gasteiger partial charge in [0.25, 0.3) is 0 Å². The van der Waals surface area contributed by atoms with E-state index in [-0.39, 0.29) is 11.7 Å². The normalized spacial score (nSPS) is 12.5. The highest BCUT2D eigenvalue weighted by Crippen LogP contribution is 2.28. The van der Waals surface area contributed by atoms with Gasteiger partial charge in [-0.1, -0.05) is 20.8 Å². The van der Waals surface area contributed by atoms with E-state index >= 15 is 0 Å². The first-order valence-corrected chi connectivity index (χ1v) is 7.22. The fraction of sp³-hybridized carbons (Fsp3) is 0.533. The molecule has 1 aromatic carbocycles. The third kappa shape index (κ3) is 4.62. The van der Waals surface area contributed by atoms with Crippen molar-refractivity contribution < 1.29 is 14.3 Å². The Morgan fingerprint density at radius 3 is 2.47 bits per heavy atom. The number of hydrogen-bond donors (Lipinski definition) is 0. The van der Waals surface area contributed by atoms with Crippen molar-refractivity contribution in [2.75, 3.05) is 20.3 Å². The Morgan fingerprint density at radius 1 is 1.26 bits per heavy atom. The molecule has 106 valence electrons. The Bertz CT molecular complexity index is 429. The maximum atomic E-state index is 12.2. The highest BCUT2D eigenvalue weighted by molar-refractivity contribution is 9.10. The number of carbonyl (C=O) groups excluding carboxylic acids is 1. The molecule has 0 aliphatic carbocycles. The Kier molecular flexibility index (Phi) is 6.52. The second-order valence-corrected chi connectivity index (χ2v) is 5.74. The van der Waals surface area contributed by atoms with Crippen LogP contribution in [0.3, 0.4) is 0 Å². The van der Waals surface area contributed by atoms with E-state index in [1.807, 2.05) is 25.1 Å². The Morgan fingerprint density at radius 2 is 1.95 bits per heavy atom. The molecule has 0 aliphatic heterocycles. The lowest BCUT2D eigenvalue weighted by molar-refractivity contribution is 0.0899. The number of methoxy groups -OCH3 is 1. The zero-order valence-corrected chi connectivity index (χ0v) is 13.5. The molecule has 4 heteroatoms. The van der Waals surface area contributed by atoms with E-state index < -0.39 is 0 Å². The highest BCUT2D eigenvalue weighted by atomic mass is 79.9. The summed E-state index contributed by atoms with van der Waals surface area (Å²) in [4.78, 5) is 12.2. The molecular weight excluding hydrogens is 308 g/mol. The SMILES string of the molecule is COCCOc1ccc(C(=O)C(C)C(C)C)cc1Br. The van der Waals surface area contributed by atoms with Crippen LogP contribution >= 0.6 is 15.9 Å².